The lowest BCUT2D eigenvalue weighted by molar-refractivity contribution is -0.129. The molecule has 0 fully saturated rings. The summed E-state index contributed by atoms with van der Waals surface area (Å²) in [4.78, 5) is 28.5. The van der Waals surface area contributed by atoms with E-state index < -0.39 is 0 Å². The highest BCUT2D eigenvalue weighted by Crippen LogP contribution is 2.35. The number of aromatic nitrogens is 1. The molecule has 0 aliphatic rings. The van der Waals surface area contributed by atoms with Crippen LogP contribution in [-0.4, -0.2) is 48.4 Å². The highest BCUT2D eigenvalue weighted by Gasteiger charge is 2.12. The number of hydrogen-bond acceptors (Lipinski definition) is 3. The van der Waals surface area contributed by atoms with E-state index >= 15 is 0 Å². The van der Waals surface area contributed by atoms with Crippen LogP contribution in [0.2, 0.25) is 0 Å². The van der Waals surface area contributed by atoms with E-state index in [-0.39, 0.29) is 11.8 Å². The topological polar surface area (TPSA) is 74.4 Å². The van der Waals surface area contributed by atoms with E-state index in [2.05, 4.69) is 74.0 Å². The van der Waals surface area contributed by atoms with Crippen LogP contribution < -0.4 is 10.1 Å². The Hall–Kier alpha value is -0.840. The molecule has 0 radical (unpaired) electrons. The number of benzene rings is 1. The Morgan fingerprint density at radius 2 is 1.77 bits per heavy atom. The summed E-state index contributed by atoms with van der Waals surface area (Å²) in [6, 6.07) is 5.74. The quantitative estimate of drug-likeness (QED) is 0.320. The number of ether oxygens (including phenoxy) is 1. The van der Waals surface area contributed by atoms with E-state index in [9.17, 15) is 9.59 Å². The lowest BCUT2D eigenvalue weighted by Crippen LogP contribution is -2.27. The molecular formula is C20H23Br4N3O3. The van der Waals surface area contributed by atoms with E-state index in [1.165, 1.54) is 0 Å². The van der Waals surface area contributed by atoms with Gasteiger partial charge < -0.3 is 19.9 Å². The Morgan fingerprint density at radius 1 is 1.10 bits per heavy atom. The molecule has 0 bridgehead atoms. The number of aromatic amines is 1. The van der Waals surface area contributed by atoms with E-state index in [0.29, 0.717) is 38.2 Å². The lowest BCUT2D eigenvalue weighted by Gasteiger charge is -2.17. The lowest BCUT2D eigenvalue weighted by atomic mass is 10.1. The number of rotatable bonds is 10. The fraction of sp³-hybridized carbons (Fsp3) is 0.400. The van der Waals surface area contributed by atoms with Gasteiger partial charge in [0, 0.05) is 26.6 Å². The molecule has 164 valence electrons. The van der Waals surface area contributed by atoms with Crippen LogP contribution in [0.25, 0.3) is 0 Å². The molecular weight excluding hydrogens is 650 g/mol. The van der Waals surface area contributed by atoms with Crippen molar-refractivity contribution in [1.29, 1.82) is 0 Å². The summed E-state index contributed by atoms with van der Waals surface area (Å²) in [6.45, 7) is 3.49. The number of nitrogens with one attached hydrogen (secondary N) is 2. The Bertz CT molecular complexity index is 859. The van der Waals surface area contributed by atoms with Crippen LogP contribution in [0.1, 0.15) is 35.8 Å². The molecule has 10 heteroatoms. The first-order valence-corrected chi connectivity index (χ1v) is 12.6. The number of amides is 2. The van der Waals surface area contributed by atoms with Crippen molar-refractivity contribution in [3.63, 3.8) is 0 Å². The third-order valence-electron chi connectivity index (χ3n) is 4.35. The smallest absolute Gasteiger partial charge is 0.267 e. The molecule has 2 aromatic rings. The molecule has 0 unspecified atom stereocenters. The number of likely N-dealkylation sites (N-methyl/N-ethyl adjacent to an activating group) is 1. The molecule has 1 aromatic heterocycles. The third kappa shape index (κ3) is 7.39. The van der Waals surface area contributed by atoms with E-state index in [4.69, 9.17) is 4.74 Å². The largest absolute Gasteiger partial charge is 0.491 e. The van der Waals surface area contributed by atoms with Crippen molar-refractivity contribution in [2.24, 2.45) is 0 Å². The molecule has 0 spiro atoms. The molecule has 6 nitrogen and oxygen atoms in total. The van der Waals surface area contributed by atoms with Crippen molar-refractivity contribution in [2.45, 2.75) is 26.2 Å². The van der Waals surface area contributed by atoms with E-state index in [1.807, 2.05) is 26.1 Å². The summed E-state index contributed by atoms with van der Waals surface area (Å²) < 4.78 is 9.12. The molecule has 2 N–H and O–H groups in total. The SMILES string of the molecule is CCC(=O)N(C)CCc1cc(Br)c(OCCCNC(=O)c2cc(Br)c(Br)[nH]2)c(Br)c1. The average Bonchev–Trinajstić information content (AvgIpc) is 3.05. The Balaban J connectivity index is 1.79. The maximum absolute atomic E-state index is 12.1. The van der Waals surface area contributed by atoms with Gasteiger partial charge in [-0.2, -0.15) is 0 Å². The van der Waals surface area contributed by atoms with Gasteiger partial charge in [-0.3, -0.25) is 9.59 Å². The average molecular weight is 673 g/mol. The van der Waals surface area contributed by atoms with Crippen LogP contribution in [0.15, 0.2) is 36.2 Å². The molecule has 0 saturated heterocycles. The van der Waals surface area contributed by atoms with Crippen LogP contribution in [0.4, 0.5) is 0 Å². The van der Waals surface area contributed by atoms with E-state index in [0.717, 1.165) is 35.8 Å². The summed E-state index contributed by atoms with van der Waals surface area (Å²) in [7, 11) is 1.82. The molecule has 30 heavy (non-hydrogen) atoms. The van der Waals surface area contributed by atoms with Crippen molar-refractivity contribution in [1.82, 2.24) is 15.2 Å². The summed E-state index contributed by atoms with van der Waals surface area (Å²) >= 11 is 13.8. The van der Waals surface area contributed by atoms with Gasteiger partial charge in [0.15, 0.2) is 0 Å². The maximum atomic E-state index is 12.1. The van der Waals surface area contributed by atoms with Gasteiger partial charge in [0.2, 0.25) is 5.91 Å². The summed E-state index contributed by atoms with van der Waals surface area (Å²) in [6.07, 6.45) is 1.94. The van der Waals surface area contributed by atoms with Crippen molar-refractivity contribution < 1.29 is 14.3 Å². The summed E-state index contributed by atoms with van der Waals surface area (Å²) in [5.74, 6) is 0.691. The van der Waals surface area contributed by atoms with Gasteiger partial charge in [-0.25, -0.2) is 0 Å². The highest BCUT2D eigenvalue weighted by molar-refractivity contribution is 9.13. The van der Waals surface area contributed by atoms with Crippen molar-refractivity contribution >= 4 is 75.5 Å². The minimum Gasteiger partial charge on any atom is -0.491 e. The standard InChI is InChI=1S/C20H23Br4N3O3/c1-3-17(28)27(2)7-5-12-9-13(21)18(14(22)10-12)30-8-4-6-25-20(29)16-11-15(23)19(24)26-16/h9-11,26H,3-8H2,1-2H3,(H,25,29). The molecule has 2 amide bonds. The molecule has 0 saturated carbocycles. The van der Waals surface area contributed by atoms with Crippen molar-refractivity contribution in [3.8, 4) is 5.75 Å². The Kier molecular flexibility index (Phi) is 10.4. The van der Waals surface area contributed by atoms with Crippen LogP contribution in [0.3, 0.4) is 0 Å². The second-order valence-electron chi connectivity index (χ2n) is 6.61. The summed E-state index contributed by atoms with van der Waals surface area (Å²) in [5, 5.41) is 2.86. The molecule has 0 aliphatic carbocycles. The van der Waals surface area contributed by atoms with Gasteiger partial charge >= 0.3 is 0 Å². The fourth-order valence-electron chi connectivity index (χ4n) is 2.66. The van der Waals surface area contributed by atoms with E-state index in [1.54, 1.807) is 11.0 Å². The normalized spacial score (nSPS) is 10.7. The van der Waals surface area contributed by atoms with Gasteiger partial charge in [0.1, 0.15) is 11.4 Å². The highest BCUT2D eigenvalue weighted by atomic mass is 79.9. The molecule has 0 atom stereocenters. The number of hydrogen-bond donors (Lipinski definition) is 2. The van der Waals surface area contributed by atoms with Crippen LogP contribution in [0.5, 0.6) is 5.75 Å². The number of halogens is 4. The molecule has 1 heterocycles. The van der Waals surface area contributed by atoms with Crippen molar-refractivity contribution in [2.75, 3.05) is 26.7 Å². The monoisotopic (exact) mass is 669 g/mol. The number of nitrogens with zero attached hydrogens (tertiary/aromatic N) is 1. The number of carbonyl (C=O) groups excluding carboxylic acids is 2. The number of carbonyl (C=O) groups is 2. The third-order valence-corrected chi connectivity index (χ3v) is 7.31. The maximum Gasteiger partial charge on any atom is 0.267 e. The van der Waals surface area contributed by atoms with Crippen molar-refractivity contribution in [3.05, 3.63) is 47.5 Å². The van der Waals surface area contributed by atoms with Crippen LogP contribution in [0, 0.1) is 0 Å². The molecule has 0 aliphatic heterocycles. The zero-order chi connectivity index (χ0) is 22.3. The van der Waals surface area contributed by atoms with Gasteiger partial charge in [-0.05, 0) is 100 Å². The first-order chi connectivity index (χ1) is 14.2. The molecule has 1 aromatic carbocycles. The zero-order valence-electron chi connectivity index (χ0n) is 16.7. The van der Waals surface area contributed by atoms with Crippen LogP contribution >= 0.6 is 63.7 Å². The van der Waals surface area contributed by atoms with Gasteiger partial charge in [-0.15, -0.1) is 0 Å². The summed E-state index contributed by atoms with van der Waals surface area (Å²) in [5.41, 5.74) is 1.59. The minimum absolute atomic E-state index is 0.136. The molecule has 2 rings (SSSR count). The Morgan fingerprint density at radius 3 is 2.33 bits per heavy atom. The van der Waals surface area contributed by atoms with Gasteiger partial charge in [0.05, 0.1) is 24.6 Å². The second-order valence-corrected chi connectivity index (χ2v) is 9.97. The Labute approximate surface area is 210 Å². The second kappa shape index (κ2) is 12.3. The fourth-order valence-corrected chi connectivity index (χ4v) is 4.82. The number of H-pyrrole nitrogens is 1. The first-order valence-electron chi connectivity index (χ1n) is 9.39. The minimum atomic E-state index is -0.167. The predicted octanol–water partition coefficient (Wildman–Crippen LogP) is 5.67. The first kappa shape index (κ1) is 25.4. The zero-order valence-corrected chi connectivity index (χ0v) is 23.0. The van der Waals surface area contributed by atoms with Crippen LogP contribution in [-0.2, 0) is 11.2 Å². The predicted molar refractivity (Wildman–Crippen MR) is 132 cm³/mol. The van der Waals surface area contributed by atoms with Gasteiger partial charge in [-0.1, -0.05) is 6.92 Å². The van der Waals surface area contributed by atoms with Gasteiger partial charge in [0.25, 0.3) is 5.91 Å².